The van der Waals surface area contributed by atoms with Crippen LogP contribution in [0.1, 0.15) is 26.3 Å². The topological polar surface area (TPSA) is 67.8 Å². The summed E-state index contributed by atoms with van der Waals surface area (Å²) in [6.45, 7) is 7.80. The average Bonchev–Trinajstić information content (AvgIpc) is 2.49. The number of aliphatic imine (C=N–C) groups is 1. The van der Waals surface area contributed by atoms with Gasteiger partial charge in [0.1, 0.15) is 0 Å². The predicted octanol–water partition coefficient (Wildman–Crippen LogP) is 1.82. The van der Waals surface area contributed by atoms with Gasteiger partial charge in [-0.1, -0.05) is 20.8 Å². The molecule has 0 aliphatic carbocycles. The van der Waals surface area contributed by atoms with Gasteiger partial charge in [-0.05, 0) is 17.0 Å². The molecule has 6 heteroatoms. The van der Waals surface area contributed by atoms with Gasteiger partial charge in [-0.15, -0.1) is 0 Å². The van der Waals surface area contributed by atoms with E-state index in [1.54, 1.807) is 27.5 Å². The molecule has 1 heterocycles. The van der Waals surface area contributed by atoms with Crippen LogP contribution in [0.3, 0.4) is 0 Å². The number of nitrogens with zero attached hydrogens (tertiary/aromatic N) is 2. The summed E-state index contributed by atoms with van der Waals surface area (Å²) in [6.07, 6.45) is 1.83. The lowest BCUT2D eigenvalue weighted by atomic mass is 9.89. The highest BCUT2D eigenvalue weighted by molar-refractivity contribution is 5.79. The second kappa shape index (κ2) is 8.58. The van der Waals surface area contributed by atoms with Crippen LogP contribution in [0.5, 0.6) is 5.88 Å². The maximum Gasteiger partial charge on any atom is 0.213 e. The third-order valence-corrected chi connectivity index (χ3v) is 3.40. The number of guanidine groups is 1. The summed E-state index contributed by atoms with van der Waals surface area (Å²) < 4.78 is 10.7. The van der Waals surface area contributed by atoms with Gasteiger partial charge < -0.3 is 20.1 Å². The Kier molecular flexibility index (Phi) is 7.11. The molecule has 1 aromatic rings. The van der Waals surface area contributed by atoms with Gasteiger partial charge in [-0.3, -0.25) is 4.99 Å². The van der Waals surface area contributed by atoms with E-state index in [1.807, 2.05) is 12.1 Å². The van der Waals surface area contributed by atoms with E-state index in [-0.39, 0.29) is 11.5 Å². The van der Waals surface area contributed by atoms with Gasteiger partial charge in [0.15, 0.2) is 5.96 Å². The van der Waals surface area contributed by atoms with Crippen LogP contribution in [0.25, 0.3) is 0 Å². The molecule has 0 fully saturated rings. The first-order valence-electron chi connectivity index (χ1n) is 7.37. The van der Waals surface area contributed by atoms with E-state index in [2.05, 4.69) is 41.4 Å². The van der Waals surface area contributed by atoms with Gasteiger partial charge in [-0.2, -0.15) is 0 Å². The Bertz CT molecular complexity index is 483. The van der Waals surface area contributed by atoms with Crippen LogP contribution in [0.2, 0.25) is 0 Å². The molecule has 0 saturated heterocycles. The summed E-state index contributed by atoms with van der Waals surface area (Å²) >= 11 is 0. The van der Waals surface area contributed by atoms with Gasteiger partial charge >= 0.3 is 0 Å². The molecule has 1 rings (SSSR count). The van der Waals surface area contributed by atoms with E-state index in [0.29, 0.717) is 19.0 Å². The van der Waals surface area contributed by atoms with Crippen molar-refractivity contribution in [2.24, 2.45) is 10.4 Å². The molecule has 0 aromatic carbocycles. The fourth-order valence-corrected chi connectivity index (χ4v) is 2.01. The van der Waals surface area contributed by atoms with Crippen molar-refractivity contribution in [3.05, 3.63) is 23.9 Å². The van der Waals surface area contributed by atoms with Crippen LogP contribution in [-0.4, -0.2) is 44.9 Å². The van der Waals surface area contributed by atoms with Crippen LogP contribution >= 0.6 is 0 Å². The Labute approximate surface area is 133 Å². The number of hydrogen-bond donors (Lipinski definition) is 2. The minimum absolute atomic E-state index is 0.0685. The molecule has 0 radical (unpaired) electrons. The molecule has 0 amide bonds. The summed E-state index contributed by atoms with van der Waals surface area (Å²) in [5.74, 6) is 1.34. The van der Waals surface area contributed by atoms with Crippen LogP contribution in [0, 0.1) is 5.41 Å². The largest absolute Gasteiger partial charge is 0.481 e. The number of ether oxygens (including phenoxy) is 2. The lowest BCUT2D eigenvalue weighted by Crippen LogP contribution is -2.45. The van der Waals surface area contributed by atoms with Gasteiger partial charge in [-0.25, -0.2) is 4.98 Å². The second-order valence-corrected chi connectivity index (χ2v) is 6.10. The molecule has 124 valence electrons. The highest BCUT2D eigenvalue weighted by Crippen LogP contribution is 2.20. The van der Waals surface area contributed by atoms with Gasteiger partial charge in [0, 0.05) is 39.5 Å². The van der Waals surface area contributed by atoms with Crippen LogP contribution in [0.15, 0.2) is 23.3 Å². The molecule has 0 aliphatic rings. The summed E-state index contributed by atoms with van der Waals surface area (Å²) in [6, 6.07) is 3.84. The maximum atomic E-state index is 5.53. The number of pyridine rings is 1. The third kappa shape index (κ3) is 5.89. The minimum atomic E-state index is 0.0685. The standard InChI is InChI=1S/C16H28N4O2/c1-16(2,3)13(21-5)11-20-15(17-4)19-10-12-7-8-18-14(9-12)22-6/h7-9,13H,10-11H2,1-6H3,(H2,17,19,20). The number of aromatic nitrogens is 1. The normalized spacial score (nSPS) is 13.6. The van der Waals surface area contributed by atoms with Crippen molar-refractivity contribution in [2.45, 2.75) is 33.4 Å². The fourth-order valence-electron chi connectivity index (χ4n) is 2.01. The molecule has 0 bridgehead atoms. The summed E-state index contributed by atoms with van der Waals surface area (Å²) in [5.41, 5.74) is 1.15. The first-order valence-corrected chi connectivity index (χ1v) is 7.37. The highest BCUT2D eigenvalue weighted by Gasteiger charge is 2.24. The Hall–Kier alpha value is -1.82. The van der Waals surface area contributed by atoms with Gasteiger partial charge in [0.2, 0.25) is 5.88 Å². The second-order valence-electron chi connectivity index (χ2n) is 6.10. The predicted molar refractivity (Wildman–Crippen MR) is 89.2 cm³/mol. The third-order valence-electron chi connectivity index (χ3n) is 3.40. The molecule has 6 nitrogen and oxygen atoms in total. The van der Waals surface area contributed by atoms with Crippen molar-refractivity contribution in [2.75, 3.05) is 27.8 Å². The average molecular weight is 308 g/mol. The monoisotopic (exact) mass is 308 g/mol. The smallest absolute Gasteiger partial charge is 0.213 e. The number of rotatable bonds is 6. The van der Waals surface area contributed by atoms with Crippen LogP contribution in [-0.2, 0) is 11.3 Å². The number of methoxy groups -OCH3 is 2. The van der Waals surface area contributed by atoms with E-state index in [1.165, 1.54) is 0 Å². The van der Waals surface area contributed by atoms with Crippen LogP contribution < -0.4 is 15.4 Å². The lowest BCUT2D eigenvalue weighted by molar-refractivity contribution is 0.0205. The van der Waals surface area contributed by atoms with E-state index in [4.69, 9.17) is 9.47 Å². The molecule has 22 heavy (non-hydrogen) atoms. The first-order chi connectivity index (χ1) is 10.4. The van der Waals surface area contributed by atoms with Crippen LogP contribution in [0.4, 0.5) is 0 Å². The molecule has 1 aromatic heterocycles. The molecule has 0 aliphatic heterocycles. The quantitative estimate of drug-likeness (QED) is 0.620. The van der Waals surface area contributed by atoms with E-state index >= 15 is 0 Å². The summed E-state index contributed by atoms with van der Waals surface area (Å²) in [4.78, 5) is 8.32. The van der Waals surface area contributed by atoms with Gasteiger partial charge in [0.05, 0.1) is 13.2 Å². The molecular formula is C16H28N4O2. The highest BCUT2D eigenvalue weighted by atomic mass is 16.5. The number of hydrogen-bond acceptors (Lipinski definition) is 4. The molecular weight excluding hydrogens is 280 g/mol. The van der Waals surface area contributed by atoms with Crippen molar-refractivity contribution in [1.82, 2.24) is 15.6 Å². The molecule has 0 spiro atoms. The van der Waals surface area contributed by atoms with E-state index in [9.17, 15) is 0 Å². The minimum Gasteiger partial charge on any atom is -0.481 e. The number of nitrogens with one attached hydrogen (secondary N) is 2. The summed E-state index contributed by atoms with van der Waals surface area (Å²) in [7, 11) is 5.09. The summed E-state index contributed by atoms with van der Waals surface area (Å²) in [5, 5.41) is 6.56. The van der Waals surface area contributed by atoms with Crippen molar-refractivity contribution in [3.8, 4) is 5.88 Å². The molecule has 1 unspecified atom stereocenters. The van der Waals surface area contributed by atoms with E-state index < -0.39 is 0 Å². The first kappa shape index (κ1) is 18.2. The van der Waals surface area contributed by atoms with Crippen molar-refractivity contribution < 1.29 is 9.47 Å². The van der Waals surface area contributed by atoms with Crippen molar-refractivity contribution in [3.63, 3.8) is 0 Å². The van der Waals surface area contributed by atoms with Crippen molar-refractivity contribution in [1.29, 1.82) is 0 Å². The fraction of sp³-hybridized carbons (Fsp3) is 0.625. The Balaban J connectivity index is 2.52. The zero-order chi connectivity index (χ0) is 16.6. The Morgan fingerprint density at radius 2 is 2.05 bits per heavy atom. The molecule has 2 N–H and O–H groups in total. The van der Waals surface area contributed by atoms with Crippen molar-refractivity contribution >= 4 is 5.96 Å². The molecule has 0 saturated carbocycles. The zero-order valence-corrected chi connectivity index (χ0v) is 14.4. The van der Waals surface area contributed by atoms with E-state index in [0.717, 1.165) is 11.5 Å². The zero-order valence-electron chi connectivity index (χ0n) is 14.4. The lowest BCUT2D eigenvalue weighted by Gasteiger charge is -2.30. The van der Waals surface area contributed by atoms with Gasteiger partial charge in [0.25, 0.3) is 0 Å². The Morgan fingerprint density at radius 3 is 2.59 bits per heavy atom. The Morgan fingerprint density at radius 1 is 1.32 bits per heavy atom. The SMILES string of the molecule is CN=C(NCc1ccnc(OC)c1)NCC(OC)C(C)(C)C. The maximum absolute atomic E-state index is 5.53. The molecule has 1 atom stereocenters.